The largest absolute Gasteiger partial charge is 0.481 e. The maximum atomic E-state index is 12.4. The summed E-state index contributed by atoms with van der Waals surface area (Å²) in [6.07, 6.45) is 1.50. The molecule has 1 aliphatic heterocycles. The number of furan rings is 1. The van der Waals surface area contributed by atoms with E-state index in [0.29, 0.717) is 20.9 Å². The van der Waals surface area contributed by atoms with Crippen LogP contribution in [0.5, 0.6) is 0 Å². The molecule has 1 saturated heterocycles. The van der Waals surface area contributed by atoms with Crippen molar-refractivity contribution in [2.45, 2.75) is 26.2 Å². The molecule has 1 aromatic heterocycles. The quantitative estimate of drug-likeness (QED) is 0.557. The van der Waals surface area contributed by atoms with E-state index in [-0.39, 0.29) is 18.9 Å². The van der Waals surface area contributed by atoms with E-state index >= 15 is 0 Å². The van der Waals surface area contributed by atoms with Gasteiger partial charge in [0.25, 0.3) is 5.91 Å². The monoisotopic (exact) mass is 401 g/mol. The molecule has 1 aliphatic rings. The van der Waals surface area contributed by atoms with Gasteiger partial charge in [0.1, 0.15) is 15.8 Å². The summed E-state index contributed by atoms with van der Waals surface area (Å²) in [5.74, 6) is 0.488. The molecule has 3 rings (SSSR count). The van der Waals surface area contributed by atoms with Crippen LogP contribution in [-0.2, 0) is 9.59 Å². The molecule has 0 saturated carbocycles. The topological polar surface area (TPSA) is 70.8 Å². The zero-order valence-electron chi connectivity index (χ0n) is 15.0. The van der Waals surface area contributed by atoms with Crippen LogP contribution in [0, 0.1) is 0 Å². The number of carboxylic acids is 1. The lowest BCUT2D eigenvalue weighted by molar-refractivity contribution is -0.137. The van der Waals surface area contributed by atoms with Gasteiger partial charge in [0, 0.05) is 18.2 Å². The lowest BCUT2D eigenvalue weighted by Crippen LogP contribution is -2.30. The number of nitrogens with zero attached hydrogens (tertiary/aromatic N) is 1. The number of carboxylic acid groups (broad SMARTS) is 1. The molecule has 1 fully saturated rings. The average molecular weight is 402 g/mol. The number of thiocarbonyl (C=S) groups is 1. The number of aliphatic carboxylic acids is 1. The van der Waals surface area contributed by atoms with Gasteiger partial charge in [-0.1, -0.05) is 62.1 Å². The van der Waals surface area contributed by atoms with Crippen molar-refractivity contribution in [3.8, 4) is 11.3 Å². The number of carbonyl (C=O) groups is 2. The predicted octanol–water partition coefficient (Wildman–Crippen LogP) is 4.75. The van der Waals surface area contributed by atoms with Gasteiger partial charge in [-0.2, -0.15) is 0 Å². The van der Waals surface area contributed by atoms with Gasteiger partial charge in [-0.3, -0.25) is 14.5 Å². The van der Waals surface area contributed by atoms with Crippen molar-refractivity contribution in [3.05, 3.63) is 52.6 Å². The highest BCUT2D eigenvalue weighted by Gasteiger charge is 2.32. The van der Waals surface area contributed by atoms with Crippen molar-refractivity contribution in [3.63, 3.8) is 0 Å². The first kappa shape index (κ1) is 19.4. The minimum absolute atomic E-state index is 0.0724. The molecule has 0 atom stereocenters. The van der Waals surface area contributed by atoms with Crippen molar-refractivity contribution < 1.29 is 19.1 Å². The Morgan fingerprint density at radius 3 is 2.59 bits per heavy atom. The van der Waals surface area contributed by atoms with Gasteiger partial charge in [-0.15, -0.1) is 0 Å². The fourth-order valence-corrected chi connectivity index (χ4v) is 3.94. The molecule has 0 aliphatic carbocycles. The van der Waals surface area contributed by atoms with Crippen LogP contribution in [0.1, 0.15) is 37.5 Å². The number of rotatable bonds is 6. The zero-order valence-corrected chi connectivity index (χ0v) is 16.6. The Morgan fingerprint density at radius 2 is 1.96 bits per heavy atom. The fourth-order valence-electron chi connectivity index (χ4n) is 2.65. The second kappa shape index (κ2) is 8.10. The Kier molecular flexibility index (Phi) is 5.82. The molecule has 0 unspecified atom stereocenters. The van der Waals surface area contributed by atoms with Crippen LogP contribution in [-0.4, -0.2) is 32.7 Å². The van der Waals surface area contributed by atoms with Gasteiger partial charge in [0.05, 0.1) is 11.3 Å². The minimum atomic E-state index is -0.966. The van der Waals surface area contributed by atoms with Crippen molar-refractivity contribution in [1.82, 2.24) is 4.90 Å². The summed E-state index contributed by atoms with van der Waals surface area (Å²) in [6, 6.07) is 11.9. The number of benzene rings is 1. The van der Waals surface area contributed by atoms with Crippen molar-refractivity contribution in [2.24, 2.45) is 0 Å². The highest BCUT2D eigenvalue weighted by atomic mass is 32.2. The molecule has 27 heavy (non-hydrogen) atoms. The summed E-state index contributed by atoms with van der Waals surface area (Å²) in [5, 5.41) is 8.79. The predicted molar refractivity (Wildman–Crippen MR) is 110 cm³/mol. The van der Waals surface area contributed by atoms with E-state index in [0.717, 1.165) is 23.1 Å². The molecular formula is C20H19NO4S2. The highest BCUT2D eigenvalue weighted by molar-refractivity contribution is 8.26. The van der Waals surface area contributed by atoms with Gasteiger partial charge >= 0.3 is 5.97 Å². The second-order valence-electron chi connectivity index (χ2n) is 6.46. The third-order valence-corrected chi connectivity index (χ3v) is 5.56. The molecular weight excluding hydrogens is 382 g/mol. The third kappa shape index (κ3) is 4.48. The Morgan fingerprint density at radius 1 is 1.26 bits per heavy atom. The molecule has 0 spiro atoms. The smallest absolute Gasteiger partial charge is 0.305 e. The van der Waals surface area contributed by atoms with Gasteiger partial charge in [-0.25, -0.2) is 0 Å². The fraction of sp³-hybridized carbons (Fsp3) is 0.250. The van der Waals surface area contributed by atoms with Crippen molar-refractivity contribution >= 4 is 46.3 Å². The van der Waals surface area contributed by atoms with E-state index in [9.17, 15) is 9.59 Å². The van der Waals surface area contributed by atoms with Gasteiger partial charge in [0.2, 0.25) is 0 Å². The summed E-state index contributed by atoms with van der Waals surface area (Å²) in [6.45, 7) is 4.36. The highest BCUT2D eigenvalue weighted by Crippen LogP contribution is 2.33. The molecule has 5 nitrogen and oxygen atoms in total. The summed E-state index contributed by atoms with van der Waals surface area (Å²) < 4.78 is 6.22. The van der Waals surface area contributed by atoms with Crippen LogP contribution in [0.3, 0.4) is 0 Å². The average Bonchev–Trinajstić information content (AvgIpc) is 3.19. The van der Waals surface area contributed by atoms with E-state index in [1.807, 2.05) is 18.2 Å². The molecule has 1 N–H and O–H groups in total. The van der Waals surface area contributed by atoms with Crippen molar-refractivity contribution in [2.75, 3.05) is 6.54 Å². The maximum Gasteiger partial charge on any atom is 0.305 e. The third-order valence-electron chi connectivity index (χ3n) is 4.18. The minimum Gasteiger partial charge on any atom is -0.481 e. The Balaban J connectivity index is 1.76. The lowest BCUT2D eigenvalue weighted by atomic mass is 10.0. The molecule has 7 heteroatoms. The number of carbonyl (C=O) groups excluding carboxylic acids is 1. The number of hydrogen-bond donors (Lipinski definition) is 1. The molecule has 2 aromatic rings. The summed E-state index contributed by atoms with van der Waals surface area (Å²) in [4.78, 5) is 24.9. The Hall–Kier alpha value is -2.38. The van der Waals surface area contributed by atoms with E-state index in [1.165, 1.54) is 10.5 Å². The summed E-state index contributed by atoms with van der Waals surface area (Å²) >= 11 is 6.34. The van der Waals surface area contributed by atoms with Crippen molar-refractivity contribution in [1.29, 1.82) is 0 Å². The molecule has 140 valence electrons. The van der Waals surface area contributed by atoms with Crippen LogP contribution >= 0.6 is 24.0 Å². The Bertz CT molecular complexity index is 912. The number of thioether (sulfide) groups is 1. The number of hydrogen-bond acceptors (Lipinski definition) is 5. The second-order valence-corrected chi connectivity index (χ2v) is 8.13. The van der Waals surface area contributed by atoms with Gasteiger partial charge in [0.15, 0.2) is 0 Å². The molecule has 2 heterocycles. The zero-order chi connectivity index (χ0) is 19.6. The molecule has 0 bridgehead atoms. The van der Waals surface area contributed by atoms with Gasteiger partial charge < -0.3 is 9.52 Å². The molecule has 1 amide bonds. The molecule has 1 aromatic carbocycles. The van der Waals surface area contributed by atoms with E-state index in [1.54, 1.807) is 12.1 Å². The first-order chi connectivity index (χ1) is 12.8. The first-order valence-corrected chi connectivity index (χ1v) is 9.75. The first-order valence-electron chi connectivity index (χ1n) is 8.52. The van der Waals surface area contributed by atoms with Crippen LogP contribution in [0.15, 0.2) is 45.7 Å². The SMILES string of the molecule is CC(C)c1ccc(-c2ccc(/C=C3\SC(=S)N(CCC(=O)O)C3=O)o2)cc1. The van der Waals surface area contributed by atoms with E-state index < -0.39 is 5.97 Å². The van der Waals surface area contributed by atoms with Crippen LogP contribution in [0.2, 0.25) is 0 Å². The van der Waals surface area contributed by atoms with Crippen LogP contribution in [0.4, 0.5) is 0 Å². The maximum absolute atomic E-state index is 12.4. The lowest BCUT2D eigenvalue weighted by Gasteiger charge is -2.12. The number of amides is 1. The Labute approximate surface area is 167 Å². The van der Waals surface area contributed by atoms with Crippen LogP contribution < -0.4 is 0 Å². The van der Waals surface area contributed by atoms with Gasteiger partial charge in [-0.05, 0) is 23.6 Å². The summed E-state index contributed by atoms with van der Waals surface area (Å²) in [7, 11) is 0. The molecule has 0 radical (unpaired) electrons. The van der Waals surface area contributed by atoms with E-state index in [4.69, 9.17) is 21.7 Å². The van der Waals surface area contributed by atoms with Crippen LogP contribution in [0.25, 0.3) is 17.4 Å². The van der Waals surface area contributed by atoms with E-state index in [2.05, 4.69) is 26.0 Å². The normalized spacial score (nSPS) is 16.0. The summed E-state index contributed by atoms with van der Waals surface area (Å²) in [5.41, 5.74) is 2.23. The standard InChI is InChI=1S/C20H19NO4S2/c1-12(2)13-3-5-14(6-4-13)16-8-7-15(25-16)11-17-19(24)21(20(26)27-17)10-9-18(22)23/h3-8,11-12H,9-10H2,1-2H3,(H,22,23)/b17-11-.